The summed E-state index contributed by atoms with van der Waals surface area (Å²) in [6.07, 6.45) is 2.53. The standard InChI is InChI=1S/C16H17Cl2N3O3/c1-4-24-15(2,3)16(23,12-6-5-11(17)7-13(12)18)14(8-22)21-10-19-9-20-21/h5-7,9-10,23H,4H2,1-3H3. The van der Waals surface area contributed by atoms with Crippen LogP contribution < -0.4 is 0 Å². The van der Waals surface area contributed by atoms with E-state index in [1.165, 1.54) is 18.7 Å². The number of rotatable bonds is 6. The molecule has 0 spiro atoms. The Morgan fingerprint density at radius 2 is 2.12 bits per heavy atom. The number of hydrogen-bond acceptors (Lipinski definition) is 5. The molecule has 0 amide bonds. The maximum absolute atomic E-state index is 11.7. The molecule has 0 bridgehead atoms. The van der Waals surface area contributed by atoms with Gasteiger partial charge < -0.3 is 9.84 Å². The molecule has 0 saturated carbocycles. The molecule has 0 radical (unpaired) electrons. The van der Waals surface area contributed by atoms with Crippen molar-refractivity contribution in [2.75, 3.05) is 6.61 Å². The zero-order valence-electron chi connectivity index (χ0n) is 13.5. The van der Waals surface area contributed by atoms with Gasteiger partial charge in [0.05, 0.1) is 0 Å². The van der Waals surface area contributed by atoms with Gasteiger partial charge in [0.25, 0.3) is 0 Å². The summed E-state index contributed by atoms with van der Waals surface area (Å²) in [5.41, 5.74) is -3.11. The highest BCUT2D eigenvalue weighted by Crippen LogP contribution is 2.45. The third kappa shape index (κ3) is 3.11. The van der Waals surface area contributed by atoms with E-state index in [4.69, 9.17) is 27.9 Å². The summed E-state index contributed by atoms with van der Waals surface area (Å²) in [5.74, 6) is 1.76. The van der Waals surface area contributed by atoms with Crippen LogP contribution in [-0.2, 0) is 15.1 Å². The summed E-state index contributed by atoms with van der Waals surface area (Å²) >= 11 is 12.2. The first-order valence-electron chi connectivity index (χ1n) is 7.20. The van der Waals surface area contributed by atoms with Gasteiger partial charge in [-0.05, 0) is 32.9 Å². The quantitative estimate of drug-likeness (QED) is 0.792. The molecule has 1 unspecified atom stereocenters. The molecule has 128 valence electrons. The second kappa shape index (κ2) is 7.05. The average Bonchev–Trinajstić information content (AvgIpc) is 3.01. The second-order valence-electron chi connectivity index (χ2n) is 5.57. The van der Waals surface area contributed by atoms with Gasteiger partial charge in [0, 0.05) is 22.2 Å². The van der Waals surface area contributed by atoms with Gasteiger partial charge in [-0.25, -0.2) is 14.5 Å². The van der Waals surface area contributed by atoms with E-state index >= 15 is 0 Å². The highest BCUT2D eigenvalue weighted by atomic mass is 35.5. The summed E-state index contributed by atoms with van der Waals surface area (Å²) < 4.78 is 6.85. The number of nitrogens with zero attached hydrogens (tertiary/aromatic N) is 3. The third-order valence-corrected chi connectivity index (χ3v) is 4.33. The van der Waals surface area contributed by atoms with Crippen LogP contribution in [-0.4, -0.2) is 38.0 Å². The van der Waals surface area contributed by atoms with Crippen LogP contribution >= 0.6 is 23.2 Å². The zero-order valence-corrected chi connectivity index (χ0v) is 15.0. The molecule has 6 nitrogen and oxygen atoms in total. The summed E-state index contributed by atoms with van der Waals surface area (Å²) in [7, 11) is 0. The predicted molar refractivity (Wildman–Crippen MR) is 91.5 cm³/mol. The minimum Gasteiger partial charge on any atom is -0.375 e. The molecule has 1 heterocycles. The maximum Gasteiger partial charge on any atom is 0.172 e. The third-order valence-electron chi connectivity index (χ3n) is 3.78. The predicted octanol–water partition coefficient (Wildman–Crippen LogP) is 2.96. The van der Waals surface area contributed by atoms with Crippen molar-refractivity contribution in [3.8, 4) is 0 Å². The van der Waals surface area contributed by atoms with Gasteiger partial charge in [0.2, 0.25) is 0 Å². The monoisotopic (exact) mass is 369 g/mol. The smallest absolute Gasteiger partial charge is 0.172 e. The van der Waals surface area contributed by atoms with Crippen LogP contribution in [0.3, 0.4) is 0 Å². The van der Waals surface area contributed by atoms with E-state index in [9.17, 15) is 9.90 Å². The average molecular weight is 370 g/mol. The van der Waals surface area contributed by atoms with Crippen molar-refractivity contribution in [2.45, 2.75) is 32.0 Å². The van der Waals surface area contributed by atoms with Gasteiger partial charge in [-0.1, -0.05) is 29.3 Å². The molecule has 1 atom stereocenters. The number of hydrogen-bond donors (Lipinski definition) is 1. The minimum atomic E-state index is -1.94. The zero-order chi connectivity index (χ0) is 18.0. The van der Waals surface area contributed by atoms with Crippen molar-refractivity contribution >= 4 is 34.8 Å². The lowest BCUT2D eigenvalue weighted by molar-refractivity contribution is -0.139. The van der Waals surface area contributed by atoms with Crippen molar-refractivity contribution in [2.24, 2.45) is 0 Å². The summed E-state index contributed by atoms with van der Waals surface area (Å²) in [6.45, 7) is 5.39. The van der Waals surface area contributed by atoms with E-state index in [0.29, 0.717) is 11.6 Å². The number of aromatic nitrogens is 3. The van der Waals surface area contributed by atoms with Crippen LogP contribution in [0.15, 0.2) is 30.9 Å². The lowest BCUT2D eigenvalue weighted by Gasteiger charge is -2.42. The molecule has 1 N–H and O–H groups in total. The lowest BCUT2D eigenvalue weighted by Crippen LogP contribution is -2.51. The highest BCUT2D eigenvalue weighted by molar-refractivity contribution is 6.35. The molecular weight excluding hydrogens is 353 g/mol. The van der Waals surface area contributed by atoms with Gasteiger partial charge >= 0.3 is 0 Å². The molecule has 0 aliphatic heterocycles. The Bertz CT molecular complexity index is 771. The molecule has 8 heteroatoms. The van der Waals surface area contributed by atoms with Gasteiger partial charge in [-0.15, -0.1) is 0 Å². The molecule has 2 rings (SSSR count). The second-order valence-corrected chi connectivity index (χ2v) is 6.41. The largest absolute Gasteiger partial charge is 0.375 e. The SMILES string of the molecule is CCOC(C)(C)C(O)(C(=C=O)n1cncn1)c1ccc(Cl)cc1Cl. The Morgan fingerprint density at radius 1 is 1.42 bits per heavy atom. The van der Waals surface area contributed by atoms with Crippen LogP contribution in [0.4, 0.5) is 0 Å². The van der Waals surface area contributed by atoms with E-state index in [1.54, 1.807) is 38.8 Å². The Kier molecular flexibility index (Phi) is 5.48. The maximum atomic E-state index is 11.7. The van der Waals surface area contributed by atoms with E-state index in [2.05, 4.69) is 10.1 Å². The molecule has 1 aromatic carbocycles. The minimum absolute atomic E-state index is 0.186. The molecule has 1 aromatic heterocycles. The molecule has 0 fully saturated rings. The Labute approximate surface area is 149 Å². The van der Waals surface area contributed by atoms with E-state index in [1.807, 2.05) is 0 Å². The van der Waals surface area contributed by atoms with Gasteiger partial charge in [0.1, 0.15) is 18.3 Å². The van der Waals surface area contributed by atoms with Crippen molar-refractivity contribution in [1.82, 2.24) is 14.8 Å². The molecule has 0 aliphatic rings. The lowest BCUT2D eigenvalue weighted by atomic mass is 9.77. The van der Waals surface area contributed by atoms with Crippen LogP contribution in [0.5, 0.6) is 0 Å². The van der Waals surface area contributed by atoms with Crippen LogP contribution in [0.25, 0.3) is 5.70 Å². The van der Waals surface area contributed by atoms with E-state index in [0.717, 1.165) is 4.68 Å². The first-order valence-corrected chi connectivity index (χ1v) is 7.96. The van der Waals surface area contributed by atoms with Crippen molar-refractivity contribution < 1.29 is 14.6 Å². The Balaban J connectivity index is 2.77. The van der Waals surface area contributed by atoms with Gasteiger partial charge in [-0.3, -0.25) is 0 Å². The number of halogens is 2. The van der Waals surface area contributed by atoms with E-state index in [-0.39, 0.29) is 16.3 Å². The van der Waals surface area contributed by atoms with Gasteiger partial charge in [0.15, 0.2) is 17.2 Å². The summed E-state index contributed by atoms with van der Waals surface area (Å²) in [5, 5.41) is 16.1. The molecule has 24 heavy (non-hydrogen) atoms. The molecule has 0 aliphatic carbocycles. The Hall–Kier alpha value is -1.69. The van der Waals surface area contributed by atoms with Crippen LogP contribution in [0.2, 0.25) is 10.0 Å². The molecule has 2 aromatic rings. The molecular formula is C16H17Cl2N3O3. The summed E-state index contributed by atoms with van der Waals surface area (Å²) in [6, 6.07) is 4.59. The van der Waals surface area contributed by atoms with Crippen molar-refractivity contribution in [1.29, 1.82) is 0 Å². The topological polar surface area (TPSA) is 77.2 Å². The fourth-order valence-corrected chi connectivity index (χ4v) is 3.14. The number of ether oxygens (including phenoxy) is 1. The fourth-order valence-electron chi connectivity index (χ4n) is 2.60. The Morgan fingerprint density at radius 3 is 2.62 bits per heavy atom. The number of carbonyl (C=O) groups excluding carboxylic acids is 1. The van der Waals surface area contributed by atoms with E-state index < -0.39 is 11.2 Å². The van der Waals surface area contributed by atoms with Gasteiger partial charge in [-0.2, -0.15) is 5.10 Å². The number of aliphatic hydroxyl groups is 1. The normalized spacial score (nSPS) is 14.1. The first-order chi connectivity index (χ1) is 11.3. The first kappa shape index (κ1) is 18.6. The number of benzene rings is 1. The van der Waals surface area contributed by atoms with Crippen molar-refractivity contribution in [3.63, 3.8) is 0 Å². The van der Waals surface area contributed by atoms with Crippen molar-refractivity contribution in [3.05, 3.63) is 46.5 Å². The fraction of sp³-hybridized carbons (Fsp3) is 0.375. The molecule has 0 saturated heterocycles. The summed E-state index contributed by atoms with van der Waals surface area (Å²) in [4.78, 5) is 15.5. The van der Waals surface area contributed by atoms with Crippen LogP contribution in [0.1, 0.15) is 26.3 Å². The van der Waals surface area contributed by atoms with Crippen LogP contribution in [0, 0.1) is 0 Å². The highest BCUT2D eigenvalue weighted by Gasteiger charge is 2.52.